The number of rotatable bonds is 5. The molecule has 1 fully saturated rings. The van der Waals surface area contributed by atoms with Gasteiger partial charge in [-0.3, -0.25) is 0 Å². The Hall–Kier alpha value is -1.53. The van der Waals surface area contributed by atoms with Gasteiger partial charge in [0.1, 0.15) is 11.6 Å². The van der Waals surface area contributed by atoms with Gasteiger partial charge in [0.15, 0.2) is 0 Å². The molecule has 0 atom stereocenters. The molecule has 128 valence electrons. The highest BCUT2D eigenvalue weighted by atomic mass is 32.1. The van der Waals surface area contributed by atoms with Crippen LogP contribution in [0.3, 0.4) is 0 Å². The zero-order valence-electron chi connectivity index (χ0n) is 14.5. The second-order valence-electron chi connectivity index (χ2n) is 6.91. The van der Waals surface area contributed by atoms with Crippen LogP contribution in [0.5, 0.6) is 0 Å². The standard InChI is InChI=1S/C18H25N5S/c1-11-16(24-12(2)21-11)10-20-18-14-5-7-19-8-6-15(14)22-17(23-18)9-13-3-4-13/h13,19H,3-10H2,1-2H3,(H,20,22,23). The molecule has 0 unspecified atom stereocenters. The molecule has 2 N–H and O–H groups in total. The first-order valence-electron chi connectivity index (χ1n) is 8.95. The Morgan fingerprint density at radius 1 is 1.12 bits per heavy atom. The lowest BCUT2D eigenvalue weighted by Crippen LogP contribution is -2.16. The number of thiazole rings is 1. The van der Waals surface area contributed by atoms with Gasteiger partial charge in [-0.15, -0.1) is 11.3 Å². The molecule has 0 aromatic carbocycles. The van der Waals surface area contributed by atoms with E-state index in [-0.39, 0.29) is 0 Å². The lowest BCUT2D eigenvalue weighted by Gasteiger charge is -2.14. The zero-order chi connectivity index (χ0) is 16.5. The fourth-order valence-corrected chi connectivity index (χ4v) is 4.19. The SMILES string of the molecule is Cc1nc(C)c(CNc2nc(CC3CC3)nc3c2CCNCC3)s1. The van der Waals surface area contributed by atoms with E-state index >= 15 is 0 Å². The maximum atomic E-state index is 4.89. The molecule has 2 aromatic heterocycles. The Bertz CT molecular complexity index is 735. The fraction of sp³-hybridized carbons (Fsp3) is 0.611. The van der Waals surface area contributed by atoms with E-state index in [9.17, 15) is 0 Å². The highest BCUT2D eigenvalue weighted by Gasteiger charge is 2.24. The molecule has 1 saturated carbocycles. The van der Waals surface area contributed by atoms with Gasteiger partial charge in [-0.05, 0) is 45.6 Å². The van der Waals surface area contributed by atoms with Gasteiger partial charge in [-0.25, -0.2) is 15.0 Å². The largest absolute Gasteiger partial charge is 0.365 e. The molecule has 1 aliphatic heterocycles. The second kappa shape index (κ2) is 6.76. The summed E-state index contributed by atoms with van der Waals surface area (Å²) >= 11 is 1.77. The van der Waals surface area contributed by atoms with E-state index in [4.69, 9.17) is 9.97 Å². The maximum Gasteiger partial charge on any atom is 0.133 e. The van der Waals surface area contributed by atoms with E-state index in [1.807, 2.05) is 0 Å². The van der Waals surface area contributed by atoms with Crippen molar-refractivity contribution < 1.29 is 0 Å². The van der Waals surface area contributed by atoms with Gasteiger partial charge in [0.2, 0.25) is 0 Å². The molecule has 24 heavy (non-hydrogen) atoms. The minimum Gasteiger partial charge on any atom is -0.365 e. The summed E-state index contributed by atoms with van der Waals surface area (Å²) in [5.41, 5.74) is 3.67. The zero-order valence-corrected chi connectivity index (χ0v) is 15.3. The maximum absolute atomic E-state index is 4.89. The van der Waals surface area contributed by atoms with E-state index in [1.165, 1.54) is 29.0 Å². The Balaban J connectivity index is 1.60. The van der Waals surface area contributed by atoms with Crippen molar-refractivity contribution in [3.8, 4) is 0 Å². The lowest BCUT2D eigenvalue weighted by molar-refractivity contribution is 0.706. The van der Waals surface area contributed by atoms with Crippen LogP contribution in [0.25, 0.3) is 0 Å². The molecule has 0 bridgehead atoms. The topological polar surface area (TPSA) is 62.7 Å². The van der Waals surface area contributed by atoms with Crippen molar-refractivity contribution in [1.82, 2.24) is 20.3 Å². The van der Waals surface area contributed by atoms with Gasteiger partial charge in [0, 0.05) is 29.8 Å². The first-order chi connectivity index (χ1) is 11.7. The summed E-state index contributed by atoms with van der Waals surface area (Å²) in [6, 6.07) is 0. The molecule has 0 saturated heterocycles. The number of anilines is 1. The predicted octanol–water partition coefficient (Wildman–Crippen LogP) is 2.80. The number of nitrogens with zero attached hydrogens (tertiary/aromatic N) is 3. The van der Waals surface area contributed by atoms with Crippen LogP contribution in [0.2, 0.25) is 0 Å². The van der Waals surface area contributed by atoms with Gasteiger partial charge in [0.05, 0.1) is 22.9 Å². The Morgan fingerprint density at radius 2 is 1.96 bits per heavy atom. The quantitative estimate of drug-likeness (QED) is 0.874. The third-order valence-electron chi connectivity index (χ3n) is 4.81. The summed E-state index contributed by atoms with van der Waals surface area (Å²) in [5.74, 6) is 2.88. The predicted molar refractivity (Wildman–Crippen MR) is 97.7 cm³/mol. The number of hydrogen-bond donors (Lipinski definition) is 2. The highest BCUT2D eigenvalue weighted by Crippen LogP contribution is 2.32. The minimum atomic E-state index is 0.803. The van der Waals surface area contributed by atoms with Crippen molar-refractivity contribution in [1.29, 1.82) is 0 Å². The molecule has 2 aromatic rings. The number of aryl methyl sites for hydroxylation is 2. The molecule has 2 aliphatic rings. The molecular formula is C18H25N5S. The summed E-state index contributed by atoms with van der Waals surface area (Å²) in [4.78, 5) is 15.6. The number of aromatic nitrogens is 3. The van der Waals surface area contributed by atoms with Crippen LogP contribution in [0, 0.1) is 19.8 Å². The molecule has 0 amide bonds. The van der Waals surface area contributed by atoms with Gasteiger partial charge < -0.3 is 10.6 Å². The number of hydrogen-bond acceptors (Lipinski definition) is 6. The van der Waals surface area contributed by atoms with Crippen LogP contribution in [0.15, 0.2) is 0 Å². The molecule has 1 aliphatic carbocycles. The molecule has 0 radical (unpaired) electrons. The first kappa shape index (κ1) is 16.0. The Morgan fingerprint density at radius 3 is 2.71 bits per heavy atom. The molecular weight excluding hydrogens is 318 g/mol. The van der Waals surface area contributed by atoms with Crippen LogP contribution in [0.4, 0.5) is 5.82 Å². The summed E-state index contributed by atoms with van der Waals surface area (Å²) in [6.45, 7) is 6.98. The Kier molecular flexibility index (Phi) is 4.50. The van der Waals surface area contributed by atoms with Crippen molar-refractivity contribution in [2.75, 3.05) is 18.4 Å². The first-order valence-corrected chi connectivity index (χ1v) is 9.77. The smallest absolute Gasteiger partial charge is 0.133 e. The van der Waals surface area contributed by atoms with Crippen molar-refractivity contribution in [2.45, 2.75) is 52.5 Å². The molecule has 3 heterocycles. The van der Waals surface area contributed by atoms with Crippen LogP contribution >= 0.6 is 11.3 Å². The van der Waals surface area contributed by atoms with Crippen LogP contribution in [-0.2, 0) is 25.8 Å². The van der Waals surface area contributed by atoms with Crippen molar-refractivity contribution in [3.05, 3.63) is 32.7 Å². The molecule has 4 rings (SSSR count). The Labute approximate surface area is 147 Å². The normalized spacial score (nSPS) is 17.4. The summed E-state index contributed by atoms with van der Waals surface area (Å²) in [7, 11) is 0. The third-order valence-corrected chi connectivity index (χ3v) is 5.89. The number of fused-ring (bicyclic) bond motifs is 1. The van der Waals surface area contributed by atoms with Crippen molar-refractivity contribution >= 4 is 17.2 Å². The van der Waals surface area contributed by atoms with E-state index in [2.05, 4.69) is 29.5 Å². The van der Waals surface area contributed by atoms with Gasteiger partial charge in [-0.1, -0.05) is 0 Å². The highest BCUT2D eigenvalue weighted by molar-refractivity contribution is 7.11. The summed E-state index contributed by atoms with van der Waals surface area (Å²) < 4.78 is 0. The lowest BCUT2D eigenvalue weighted by atomic mass is 10.1. The molecule has 6 heteroatoms. The van der Waals surface area contributed by atoms with Crippen molar-refractivity contribution in [2.24, 2.45) is 5.92 Å². The molecule has 5 nitrogen and oxygen atoms in total. The average Bonchev–Trinajstić information content (AvgIpc) is 3.33. The van der Waals surface area contributed by atoms with Gasteiger partial charge >= 0.3 is 0 Å². The molecule has 0 spiro atoms. The van der Waals surface area contributed by atoms with E-state index in [0.29, 0.717) is 0 Å². The van der Waals surface area contributed by atoms with Gasteiger partial charge in [-0.2, -0.15) is 0 Å². The minimum absolute atomic E-state index is 0.803. The van der Waals surface area contributed by atoms with Gasteiger partial charge in [0.25, 0.3) is 0 Å². The van der Waals surface area contributed by atoms with E-state index in [0.717, 1.165) is 67.2 Å². The van der Waals surface area contributed by atoms with Crippen LogP contribution < -0.4 is 10.6 Å². The van der Waals surface area contributed by atoms with Crippen molar-refractivity contribution in [3.63, 3.8) is 0 Å². The summed E-state index contributed by atoms with van der Waals surface area (Å²) in [5, 5.41) is 8.20. The summed E-state index contributed by atoms with van der Waals surface area (Å²) in [6.07, 6.45) is 5.72. The fourth-order valence-electron chi connectivity index (χ4n) is 3.32. The monoisotopic (exact) mass is 343 g/mol. The average molecular weight is 344 g/mol. The van der Waals surface area contributed by atoms with Crippen LogP contribution in [-0.4, -0.2) is 28.0 Å². The van der Waals surface area contributed by atoms with E-state index in [1.54, 1.807) is 11.3 Å². The number of nitrogens with one attached hydrogen (secondary N) is 2. The van der Waals surface area contributed by atoms with E-state index < -0.39 is 0 Å². The third kappa shape index (κ3) is 3.59. The second-order valence-corrected chi connectivity index (χ2v) is 8.19. The van der Waals surface area contributed by atoms with Crippen LogP contribution in [0.1, 0.15) is 45.5 Å².